The second-order valence-corrected chi connectivity index (χ2v) is 4.91. The Morgan fingerprint density at radius 1 is 1.31 bits per heavy atom. The molecule has 0 saturated heterocycles. The highest BCUT2D eigenvalue weighted by Gasteiger charge is 2.20. The topological polar surface area (TPSA) is 21.3 Å². The van der Waals surface area contributed by atoms with Crippen LogP contribution >= 0.6 is 0 Å². The molecule has 0 aromatic heterocycles. The highest BCUT2D eigenvalue weighted by molar-refractivity contribution is 5.26. The van der Waals surface area contributed by atoms with Gasteiger partial charge in [0.15, 0.2) is 0 Å². The smallest absolute Gasteiger partial charge is 0.119 e. The highest BCUT2D eigenvalue weighted by atomic mass is 16.5. The van der Waals surface area contributed by atoms with E-state index in [4.69, 9.17) is 4.74 Å². The third kappa shape index (κ3) is 3.86. The van der Waals surface area contributed by atoms with Crippen molar-refractivity contribution in [3.05, 3.63) is 29.8 Å². The maximum atomic E-state index is 5.74. The predicted octanol–water partition coefficient (Wildman–Crippen LogP) is 2.76. The summed E-state index contributed by atoms with van der Waals surface area (Å²) in [6.07, 6.45) is 2.71. The number of rotatable bonds is 6. The monoisotopic (exact) mass is 219 g/mol. The van der Waals surface area contributed by atoms with E-state index in [9.17, 15) is 0 Å². The molecule has 0 amide bonds. The first-order valence-electron chi connectivity index (χ1n) is 6.17. The largest absolute Gasteiger partial charge is 0.493 e. The lowest BCUT2D eigenvalue weighted by molar-refractivity contribution is 0.255. The lowest BCUT2D eigenvalue weighted by Crippen LogP contribution is -2.26. The van der Waals surface area contributed by atoms with Gasteiger partial charge in [0.05, 0.1) is 6.61 Å². The zero-order chi connectivity index (χ0) is 11.4. The number of benzene rings is 1. The van der Waals surface area contributed by atoms with E-state index in [1.807, 2.05) is 12.1 Å². The summed E-state index contributed by atoms with van der Waals surface area (Å²) < 4.78 is 5.74. The molecule has 0 heterocycles. The van der Waals surface area contributed by atoms with E-state index in [1.54, 1.807) is 0 Å². The normalized spacial score (nSPS) is 17.1. The van der Waals surface area contributed by atoms with Crippen LogP contribution in [0.5, 0.6) is 5.75 Å². The van der Waals surface area contributed by atoms with Crippen molar-refractivity contribution >= 4 is 0 Å². The fourth-order valence-corrected chi connectivity index (χ4v) is 1.59. The van der Waals surface area contributed by atoms with E-state index in [1.165, 1.54) is 18.4 Å². The van der Waals surface area contributed by atoms with Crippen LogP contribution in [0.4, 0.5) is 0 Å². The van der Waals surface area contributed by atoms with Crippen molar-refractivity contribution < 1.29 is 4.74 Å². The van der Waals surface area contributed by atoms with Gasteiger partial charge in [-0.05, 0) is 31.9 Å². The van der Waals surface area contributed by atoms with Gasteiger partial charge in [-0.15, -0.1) is 0 Å². The van der Waals surface area contributed by atoms with Crippen LogP contribution in [0.1, 0.15) is 25.3 Å². The minimum atomic E-state index is 0.571. The van der Waals surface area contributed by atoms with Crippen molar-refractivity contribution in [3.63, 3.8) is 0 Å². The molecule has 1 aliphatic carbocycles. The average molecular weight is 219 g/mol. The van der Waals surface area contributed by atoms with E-state index in [0.29, 0.717) is 5.92 Å². The van der Waals surface area contributed by atoms with E-state index in [-0.39, 0.29) is 0 Å². The Kier molecular flexibility index (Phi) is 3.83. The molecule has 0 radical (unpaired) electrons. The third-order valence-corrected chi connectivity index (χ3v) is 2.89. The van der Waals surface area contributed by atoms with Crippen molar-refractivity contribution in [2.45, 2.75) is 32.7 Å². The molecule has 0 aliphatic heterocycles. The number of hydrogen-bond donors (Lipinski definition) is 1. The Morgan fingerprint density at radius 2 is 2.00 bits per heavy atom. The molecule has 1 N–H and O–H groups in total. The van der Waals surface area contributed by atoms with Crippen LogP contribution in [0.3, 0.4) is 0 Å². The second kappa shape index (κ2) is 5.35. The van der Waals surface area contributed by atoms with Gasteiger partial charge in [-0.25, -0.2) is 0 Å². The minimum absolute atomic E-state index is 0.571. The van der Waals surface area contributed by atoms with Crippen molar-refractivity contribution in [2.24, 2.45) is 5.92 Å². The van der Waals surface area contributed by atoms with Crippen LogP contribution in [0.2, 0.25) is 0 Å². The maximum absolute atomic E-state index is 5.74. The molecule has 1 unspecified atom stereocenters. The number of aryl methyl sites for hydroxylation is 1. The first kappa shape index (κ1) is 11.5. The number of hydrogen-bond acceptors (Lipinski definition) is 2. The summed E-state index contributed by atoms with van der Waals surface area (Å²) in [5.74, 6) is 1.55. The minimum Gasteiger partial charge on any atom is -0.493 e. The molecule has 1 fully saturated rings. The van der Waals surface area contributed by atoms with Gasteiger partial charge in [0.1, 0.15) is 5.75 Å². The Morgan fingerprint density at radius 3 is 2.62 bits per heavy atom. The van der Waals surface area contributed by atoms with Gasteiger partial charge in [0.2, 0.25) is 0 Å². The van der Waals surface area contributed by atoms with Crippen molar-refractivity contribution in [1.82, 2.24) is 5.32 Å². The first-order chi connectivity index (χ1) is 7.74. The number of nitrogens with one attached hydrogen (secondary N) is 1. The Labute approximate surface area is 98.0 Å². The van der Waals surface area contributed by atoms with E-state index in [2.05, 4.69) is 31.3 Å². The van der Waals surface area contributed by atoms with E-state index >= 15 is 0 Å². The molecule has 2 nitrogen and oxygen atoms in total. The fraction of sp³-hybridized carbons (Fsp3) is 0.571. The lowest BCUT2D eigenvalue weighted by Gasteiger charge is -2.13. The SMILES string of the molecule is Cc1ccc(OCC(C)CNC2CC2)cc1. The zero-order valence-electron chi connectivity index (χ0n) is 10.2. The van der Waals surface area contributed by atoms with Crippen LogP contribution in [-0.4, -0.2) is 19.2 Å². The standard InChI is InChI=1S/C14H21NO/c1-11-3-7-14(8-4-11)16-10-12(2)9-15-13-5-6-13/h3-4,7-8,12-13,15H,5-6,9-10H2,1-2H3. The van der Waals surface area contributed by atoms with Crippen molar-refractivity contribution in [3.8, 4) is 5.75 Å². The van der Waals surface area contributed by atoms with Crippen molar-refractivity contribution in [2.75, 3.05) is 13.2 Å². The first-order valence-corrected chi connectivity index (χ1v) is 6.17. The summed E-state index contributed by atoms with van der Waals surface area (Å²) >= 11 is 0. The molecule has 0 bridgehead atoms. The lowest BCUT2D eigenvalue weighted by atomic mass is 10.2. The Balaban J connectivity index is 1.67. The van der Waals surface area contributed by atoms with Crippen LogP contribution in [0.15, 0.2) is 24.3 Å². The van der Waals surface area contributed by atoms with E-state index in [0.717, 1.165) is 24.9 Å². The average Bonchev–Trinajstić information content (AvgIpc) is 3.09. The van der Waals surface area contributed by atoms with Gasteiger partial charge >= 0.3 is 0 Å². The van der Waals surface area contributed by atoms with Gasteiger partial charge in [-0.1, -0.05) is 24.6 Å². The summed E-state index contributed by atoms with van der Waals surface area (Å²) in [6.45, 7) is 6.18. The molecular weight excluding hydrogens is 198 g/mol. The molecule has 1 aromatic carbocycles. The van der Waals surface area contributed by atoms with Gasteiger partial charge in [-0.3, -0.25) is 0 Å². The second-order valence-electron chi connectivity index (χ2n) is 4.91. The maximum Gasteiger partial charge on any atom is 0.119 e. The molecular formula is C14H21NO. The van der Waals surface area contributed by atoms with Gasteiger partial charge in [0.25, 0.3) is 0 Å². The Hall–Kier alpha value is -1.02. The molecule has 16 heavy (non-hydrogen) atoms. The fourth-order valence-electron chi connectivity index (χ4n) is 1.59. The third-order valence-electron chi connectivity index (χ3n) is 2.89. The summed E-state index contributed by atoms with van der Waals surface area (Å²) in [6, 6.07) is 9.04. The number of ether oxygens (including phenoxy) is 1. The summed E-state index contributed by atoms with van der Waals surface area (Å²) in [4.78, 5) is 0. The zero-order valence-corrected chi connectivity index (χ0v) is 10.2. The molecule has 1 aromatic rings. The van der Waals surface area contributed by atoms with Gasteiger partial charge < -0.3 is 10.1 Å². The molecule has 2 rings (SSSR count). The molecule has 1 aliphatic rings. The molecule has 88 valence electrons. The van der Waals surface area contributed by atoms with E-state index < -0.39 is 0 Å². The summed E-state index contributed by atoms with van der Waals surface area (Å²) in [5.41, 5.74) is 1.27. The van der Waals surface area contributed by atoms with Gasteiger partial charge in [0, 0.05) is 18.5 Å². The predicted molar refractivity (Wildman–Crippen MR) is 66.9 cm³/mol. The quantitative estimate of drug-likeness (QED) is 0.794. The van der Waals surface area contributed by atoms with Gasteiger partial charge in [-0.2, -0.15) is 0 Å². The summed E-state index contributed by atoms with van der Waals surface area (Å²) in [7, 11) is 0. The summed E-state index contributed by atoms with van der Waals surface area (Å²) in [5, 5.41) is 3.52. The molecule has 1 saturated carbocycles. The van der Waals surface area contributed by atoms with Crippen LogP contribution in [0, 0.1) is 12.8 Å². The Bertz CT molecular complexity index is 316. The highest BCUT2D eigenvalue weighted by Crippen LogP contribution is 2.19. The van der Waals surface area contributed by atoms with Crippen LogP contribution in [0.25, 0.3) is 0 Å². The molecule has 2 heteroatoms. The van der Waals surface area contributed by atoms with Crippen LogP contribution in [-0.2, 0) is 0 Å². The molecule has 0 spiro atoms. The van der Waals surface area contributed by atoms with Crippen LogP contribution < -0.4 is 10.1 Å². The van der Waals surface area contributed by atoms with Crippen molar-refractivity contribution in [1.29, 1.82) is 0 Å². The molecule has 1 atom stereocenters.